The molecule has 1 aliphatic heterocycles. The van der Waals surface area contributed by atoms with Crippen LogP contribution in [-0.2, 0) is 0 Å². The molecule has 21 heavy (non-hydrogen) atoms. The van der Waals surface area contributed by atoms with Gasteiger partial charge in [0.05, 0.1) is 0 Å². The number of nitrogens with one attached hydrogen (secondary N) is 2. The zero-order valence-electron chi connectivity index (χ0n) is 13.3. The number of unbranched alkanes of at least 4 members (excludes halogenated alkanes) is 1. The van der Waals surface area contributed by atoms with Crippen LogP contribution in [0.15, 0.2) is 18.3 Å². The lowest BCUT2D eigenvalue weighted by Gasteiger charge is -2.25. The molecule has 5 nitrogen and oxygen atoms in total. The second-order valence-electron chi connectivity index (χ2n) is 6.05. The number of aromatic nitrogens is 1. The summed E-state index contributed by atoms with van der Waals surface area (Å²) in [4.78, 5) is 14.5. The van der Waals surface area contributed by atoms with Gasteiger partial charge in [-0.15, -0.1) is 0 Å². The predicted octanol–water partition coefficient (Wildman–Crippen LogP) is 1.48. The largest absolute Gasteiger partial charge is 0.351 e. The average Bonchev–Trinajstić information content (AvgIpc) is 2.97. The Balaban J connectivity index is 1.81. The first-order valence-electron chi connectivity index (χ1n) is 7.99. The molecule has 0 aliphatic carbocycles. The van der Waals surface area contributed by atoms with E-state index in [0.717, 1.165) is 57.6 Å². The smallest absolute Gasteiger partial charge is 0.267 e. The topological polar surface area (TPSA) is 49.3 Å². The van der Waals surface area contributed by atoms with Gasteiger partial charge in [0.2, 0.25) is 0 Å². The Hall–Kier alpha value is -1.33. The molecule has 1 aliphatic rings. The van der Waals surface area contributed by atoms with Crippen LogP contribution in [0.2, 0.25) is 0 Å². The fourth-order valence-electron chi connectivity index (χ4n) is 2.83. The Bertz CT molecular complexity index is 435. The van der Waals surface area contributed by atoms with Crippen molar-refractivity contribution in [3.63, 3.8) is 0 Å². The van der Waals surface area contributed by atoms with Gasteiger partial charge in [-0.05, 0) is 71.5 Å². The summed E-state index contributed by atoms with van der Waals surface area (Å²) in [7, 11) is 4.15. The Labute approximate surface area is 127 Å². The molecule has 2 heterocycles. The molecule has 0 aromatic carbocycles. The fourth-order valence-corrected chi connectivity index (χ4v) is 2.83. The van der Waals surface area contributed by atoms with E-state index < -0.39 is 0 Å². The van der Waals surface area contributed by atoms with Crippen molar-refractivity contribution in [2.75, 3.05) is 40.3 Å². The molecule has 1 aromatic heterocycles. The third-order valence-corrected chi connectivity index (χ3v) is 4.03. The maximum atomic E-state index is 12.3. The van der Waals surface area contributed by atoms with Crippen molar-refractivity contribution < 1.29 is 4.79 Å². The lowest BCUT2D eigenvalue weighted by molar-refractivity contribution is 0.0940. The third-order valence-electron chi connectivity index (χ3n) is 4.03. The van der Waals surface area contributed by atoms with Gasteiger partial charge in [-0.25, -0.2) is 0 Å². The van der Waals surface area contributed by atoms with Gasteiger partial charge in [-0.1, -0.05) is 0 Å². The van der Waals surface area contributed by atoms with Crippen molar-refractivity contribution in [2.24, 2.45) is 0 Å². The van der Waals surface area contributed by atoms with E-state index >= 15 is 0 Å². The summed E-state index contributed by atoms with van der Waals surface area (Å²) in [6.07, 6.45) is 6.37. The van der Waals surface area contributed by atoms with Crippen LogP contribution in [0.4, 0.5) is 0 Å². The minimum absolute atomic E-state index is 0.0587. The number of carbonyl (C=O) groups excluding carboxylic acids is 1. The summed E-state index contributed by atoms with van der Waals surface area (Å²) in [5, 5.41) is 6.41. The molecule has 1 saturated heterocycles. The van der Waals surface area contributed by atoms with Crippen LogP contribution in [0.5, 0.6) is 0 Å². The van der Waals surface area contributed by atoms with Gasteiger partial charge in [-0.2, -0.15) is 0 Å². The van der Waals surface area contributed by atoms with Gasteiger partial charge in [0.25, 0.3) is 5.91 Å². The van der Waals surface area contributed by atoms with Crippen LogP contribution in [0.1, 0.15) is 42.2 Å². The quantitative estimate of drug-likeness (QED) is 0.749. The lowest BCUT2D eigenvalue weighted by atomic mass is 10.1. The third kappa shape index (κ3) is 4.86. The molecule has 1 fully saturated rings. The van der Waals surface area contributed by atoms with Crippen molar-refractivity contribution in [2.45, 2.75) is 31.7 Å². The highest BCUT2D eigenvalue weighted by atomic mass is 16.1. The van der Waals surface area contributed by atoms with E-state index in [1.165, 1.54) is 0 Å². The SMILES string of the molecule is CN(C)CCCCNC(=O)c1cccn1C1CCNCC1. The molecule has 0 saturated carbocycles. The minimum Gasteiger partial charge on any atom is -0.351 e. The second-order valence-corrected chi connectivity index (χ2v) is 6.05. The van der Waals surface area contributed by atoms with Crippen molar-refractivity contribution in [1.82, 2.24) is 20.1 Å². The first-order valence-corrected chi connectivity index (χ1v) is 7.99. The van der Waals surface area contributed by atoms with E-state index in [1.807, 2.05) is 18.3 Å². The molecule has 2 N–H and O–H groups in total. The summed E-state index contributed by atoms with van der Waals surface area (Å²) in [6.45, 7) is 3.90. The Morgan fingerprint density at radius 1 is 1.38 bits per heavy atom. The van der Waals surface area contributed by atoms with Gasteiger partial charge in [0, 0.05) is 18.8 Å². The van der Waals surface area contributed by atoms with Crippen molar-refractivity contribution >= 4 is 5.91 Å². The molecule has 1 amide bonds. The Morgan fingerprint density at radius 2 is 2.14 bits per heavy atom. The molecular formula is C16H28N4O. The van der Waals surface area contributed by atoms with Gasteiger partial charge in [-0.3, -0.25) is 4.79 Å². The predicted molar refractivity (Wildman–Crippen MR) is 85.7 cm³/mol. The van der Waals surface area contributed by atoms with Crippen molar-refractivity contribution in [3.05, 3.63) is 24.0 Å². The Morgan fingerprint density at radius 3 is 2.86 bits per heavy atom. The van der Waals surface area contributed by atoms with Gasteiger partial charge in [0.15, 0.2) is 0 Å². The molecule has 118 valence electrons. The second kappa shape index (κ2) is 8.20. The van der Waals surface area contributed by atoms with E-state index in [1.54, 1.807) is 0 Å². The van der Waals surface area contributed by atoms with E-state index in [-0.39, 0.29) is 5.91 Å². The summed E-state index contributed by atoms with van der Waals surface area (Å²) in [6, 6.07) is 4.36. The monoisotopic (exact) mass is 292 g/mol. The summed E-state index contributed by atoms with van der Waals surface area (Å²) >= 11 is 0. The number of piperidine rings is 1. The van der Waals surface area contributed by atoms with Crippen LogP contribution < -0.4 is 10.6 Å². The lowest BCUT2D eigenvalue weighted by Crippen LogP contribution is -2.32. The molecule has 0 atom stereocenters. The zero-order valence-corrected chi connectivity index (χ0v) is 13.3. The van der Waals surface area contributed by atoms with Gasteiger partial charge >= 0.3 is 0 Å². The molecule has 0 radical (unpaired) electrons. The van der Waals surface area contributed by atoms with Gasteiger partial charge < -0.3 is 20.1 Å². The van der Waals surface area contributed by atoms with E-state index in [4.69, 9.17) is 0 Å². The maximum Gasteiger partial charge on any atom is 0.267 e. The van der Waals surface area contributed by atoms with Gasteiger partial charge in [0.1, 0.15) is 5.69 Å². The van der Waals surface area contributed by atoms with Crippen LogP contribution in [0.25, 0.3) is 0 Å². The number of carbonyl (C=O) groups is 1. The van der Waals surface area contributed by atoms with Crippen LogP contribution in [-0.4, -0.2) is 55.6 Å². The number of hydrogen-bond donors (Lipinski definition) is 2. The molecule has 0 spiro atoms. The summed E-state index contributed by atoms with van der Waals surface area (Å²) in [5.41, 5.74) is 0.800. The summed E-state index contributed by atoms with van der Waals surface area (Å²) in [5.74, 6) is 0.0587. The number of nitrogens with zero attached hydrogens (tertiary/aromatic N) is 2. The van der Waals surface area contributed by atoms with E-state index in [0.29, 0.717) is 6.04 Å². The fraction of sp³-hybridized carbons (Fsp3) is 0.688. The molecular weight excluding hydrogens is 264 g/mol. The van der Waals surface area contributed by atoms with E-state index in [9.17, 15) is 4.79 Å². The zero-order chi connectivity index (χ0) is 15.1. The normalized spacial score (nSPS) is 16.3. The standard InChI is InChI=1S/C16H28N4O/c1-19(2)12-4-3-9-18-16(21)15-6-5-13-20(15)14-7-10-17-11-8-14/h5-6,13-14,17H,3-4,7-12H2,1-2H3,(H,18,21). The van der Waals surface area contributed by atoms with Crippen LogP contribution >= 0.6 is 0 Å². The molecule has 2 rings (SSSR count). The molecule has 1 aromatic rings. The molecule has 5 heteroatoms. The summed E-state index contributed by atoms with van der Waals surface area (Å²) < 4.78 is 2.15. The van der Waals surface area contributed by atoms with E-state index in [2.05, 4.69) is 34.2 Å². The Kier molecular flexibility index (Phi) is 6.26. The average molecular weight is 292 g/mol. The van der Waals surface area contributed by atoms with Crippen LogP contribution in [0.3, 0.4) is 0 Å². The first kappa shape index (κ1) is 16.0. The number of hydrogen-bond acceptors (Lipinski definition) is 3. The maximum absolute atomic E-state index is 12.3. The highest BCUT2D eigenvalue weighted by Gasteiger charge is 2.19. The van der Waals surface area contributed by atoms with Crippen molar-refractivity contribution in [1.29, 1.82) is 0 Å². The number of rotatable bonds is 7. The molecule has 0 bridgehead atoms. The molecule has 0 unspecified atom stereocenters. The highest BCUT2D eigenvalue weighted by molar-refractivity contribution is 5.92. The number of amides is 1. The van der Waals surface area contributed by atoms with Crippen LogP contribution in [0, 0.1) is 0 Å². The minimum atomic E-state index is 0.0587. The first-order chi connectivity index (χ1) is 10.2. The highest BCUT2D eigenvalue weighted by Crippen LogP contribution is 2.21. The van der Waals surface area contributed by atoms with Crippen molar-refractivity contribution in [3.8, 4) is 0 Å².